The van der Waals surface area contributed by atoms with E-state index >= 15 is 0 Å². The summed E-state index contributed by atoms with van der Waals surface area (Å²) in [6.45, 7) is 4.12. The molecule has 1 N–H and O–H groups in total. The van der Waals surface area contributed by atoms with Gasteiger partial charge in [0.05, 0.1) is 22.8 Å². The summed E-state index contributed by atoms with van der Waals surface area (Å²) >= 11 is 4.83. The average Bonchev–Trinajstić information content (AvgIpc) is 3.22. The SMILES string of the molecule is CCCOC(=O)c1c(NC(=O)C(C)n2cc(Br)cn2)sc2c1CCCC2. The lowest BCUT2D eigenvalue weighted by Gasteiger charge is -2.14. The molecule has 0 saturated heterocycles. The highest BCUT2D eigenvalue weighted by Gasteiger charge is 2.28. The maximum Gasteiger partial charge on any atom is 0.341 e. The molecular weight excluding hydrogens is 418 g/mol. The van der Waals surface area contributed by atoms with Gasteiger partial charge in [-0.1, -0.05) is 6.92 Å². The highest BCUT2D eigenvalue weighted by molar-refractivity contribution is 9.10. The van der Waals surface area contributed by atoms with Gasteiger partial charge in [-0.3, -0.25) is 9.48 Å². The molecule has 0 radical (unpaired) electrons. The lowest BCUT2D eigenvalue weighted by Crippen LogP contribution is -2.24. The molecule has 2 aromatic rings. The van der Waals surface area contributed by atoms with Crippen LogP contribution in [0, 0.1) is 0 Å². The summed E-state index contributed by atoms with van der Waals surface area (Å²) in [5, 5.41) is 7.70. The molecule has 1 amide bonds. The lowest BCUT2D eigenvalue weighted by molar-refractivity contribution is -0.119. The van der Waals surface area contributed by atoms with Crippen molar-refractivity contribution < 1.29 is 14.3 Å². The Hall–Kier alpha value is -1.67. The van der Waals surface area contributed by atoms with Gasteiger partial charge in [-0.2, -0.15) is 5.10 Å². The molecule has 1 aliphatic rings. The van der Waals surface area contributed by atoms with E-state index in [1.54, 1.807) is 24.0 Å². The molecule has 0 fully saturated rings. The van der Waals surface area contributed by atoms with Crippen LogP contribution >= 0.6 is 27.3 Å². The summed E-state index contributed by atoms with van der Waals surface area (Å²) in [6.07, 6.45) is 8.14. The van der Waals surface area contributed by atoms with Crippen LogP contribution in [0.15, 0.2) is 16.9 Å². The quantitative estimate of drug-likeness (QED) is 0.678. The number of amides is 1. The predicted octanol–water partition coefficient (Wildman–Crippen LogP) is 4.35. The van der Waals surface area contributed by atoms with Gasteiger partial charge in [0.25, 0.3) is 0 Å². The monoisotopic (exact) mass is 439 g/mol. The maximum absolute atomic E-state index is 12.7. The number of halogens is 1. The van der Waals surface area contributed by atoms with Crippen molar-refractivity contribution in [3.63, 3.8) is 0 Å². The number of aryl methyl sites for hydroxylation is 1. The van der Waals surface area contributed by atoms with Crippen molar-refractivity contribution in [2.75, 3.05) is 11.9 Å². The summed E-state index contributed by atoms with van der Waals surface area (Å²) in [4.78, 5) is 26.5. The van der Waals surface area contributed by atoms with Crippen molar-refractivity contribution in [1.82, 2.24) is 9.78 Å². The van der Waals surface area contributed by atoms with E-state index in [2.05, 4.69) is 26.3 Å². The number of rotatable bonds is 6. The number of hydrogen-bond acceptors (Lipinski definition) is 5. The zero-order valence-corrected chi connectivity index (χ0v) is 17.3. The predicted molar refractivity (Wildman–Crippen MR) is 105 cm³/mol. The number of carbonyl (C=O) groups is 2. The molecular formula is C18H22BrN3O3S. The van der Waals surface area contributed by atoms with Crippen molar-refractivity contribution in [3.8, 4) is 0 Å². The maximum atomic E-state index is 12.7. The van der Waals surface area contributed by atoms with Gasteiger partial charge >= 0.3 is 5.97 Å². The summed E-state index contributed by atoms with van der Waals surface area (Å²) in [6, 6.07) is -0.486. The van der Waals surface area contributed by atoms with Crippen LogP contribution in [0.1, 0.15) is 60.0 Å². The van der Waals surface area contributed by atoms with E-state index in [-0.39, 0.29) is 11.9 Å². The number of esters is 1. The van der Waals surface area contributed by atoms with Crippen molar-refractivity contribution >= 4 is 44.1 Å². The Labute approximate surface area is 165 Å². The highest BCUT2D eigenvalue weighted by atomic mass is 79.9. The summed E-state index contributed by atoms with van der Waals surface area (Å²) < 4.78 is 7.76. The van der Waals surface area contributed by atoms with E-state index in [9.17, 15) is 9.59 Å². The van der Waals surface area contributed by atoms with E-state index in [0.29, 0.717) is 17.2 Å². The summed E-state index contributed by atoms with van der Waals surface area (Å²) in [7, 11) is 0. The Morgan fingerprint density at radius 3 is 2.88 bits per heavy atom. The average molecular weight is 440 g/mol. The molecule has 8 heteroatoms. The zero-order valence-electron chi connectivity index (χ0n) is 14.9. The van der Waals surface area contributed by atoms with Crippen LogP contribution in [-0.2, 0) is 22.4 Å². The number of fused-ring (bicyclic) bond motifs is 1. The second-order valence-electron chi connectivity index (χ2n) is 6.35. The largest absolute Gasteiger partial charge is 0.462 e. The molecule has 2 heterocycles. The Balaban J connectivity index is 1.85. The van der Waals surface area contributed by atoms with Crippen LogP contribution < -0.4 is 5.32 Å². The topological polar surface area (TPSA) is 73.2 Å². The summed E-state index contributed by atoms with van der Waals surface area (Å²) in [5.74, 6) is -0.542. The number of carbonyl (C=O) groups excluding carboxylic acids is 2. The molecule has 0 spiro atoms. The van der Waals surface area contributed by atoms with E-state index in [1.165, 1.54) is 16.2 Å². The Morgan fingerprint density at radius 1 is 1.42 bits per heavy atom. The molecule has 1 aliphatic carbocycles. The van der Waals surface area contributed by atoms with Gasteiger partial charge in [-0.15, -0.1) is 11.3 Å². The van der Waals surface area contributed by atoms with E-state index in [0.717, 1.165) is 42.1 Å². The Bertz CT molecular complexity index is 815. The standard InChI is InChI=1S/C18H22BrN3O3S/c1-3-8-25-18(24)15-13-6-4-5-7-14(13)26-17(15)21-16(23)11(2)22-10-12(19)9-20-22/h9-11H,3-8H2,1-2H3,(H,21,23). The minimum atomic E-state index is -0.486. The molecule has 0 bridgehead atoms. The molecule has 0 aliphatic heterocycles. The number of nitrogens with zero attached hydrogens (tertiary/aromatic N) is 2. The zero-order chi connectivity index (χ0) is 18.7. The van der Waals surface area contributed by atoms with E-state index < -0.39 is 6.04 Å². The van der Waals surface area contributed by atoms with Crippen molar-refractivity contribution in [2.24, 2.45) is 0 Å². The Kier molecular flexibility index (Phi) is 6.13. The second kappa shape index (κ2) is 8.35. The number of anilines is 1. The van der Waals surface area contributed by atoms with Gasteiger partial charge in [-0.25, -0.2) is 4.79 Å². The van der Waals surface area contributed by atoms with Crippen LogP contribution in [0.2, 0.25) is 0 Å². The minimum absolute atomic E-state index is 0.205. The minimum Gasteiger partial charge on any atom is -0.462 e. The van der Waals surface area contributed by atoms with Gasteiger partial charge in [0.15, 0.2) is 0 Å². The Morgan fingerprint density at radius 2 is 2.19 bits per heavy atom. The molecule has 0 aromatic carbocycles. The number of hydrogen-bond donors (Lipinski definition) is 1. The molecule has 26 heavy (non-hydrogen) atoms. The van der Waals surface area contributed by atoms with E-state index in [1.807, 2.05) is 6.92 Å². The highest BCUT2D eigenvalue weighted by Crippen LogP contribution is 2.39. The first kappa shape index (κ1) is 19.1. The first-order valence-corrected chi connectivity index (χ1v) is 10.4. The van der Waals surface area contributed by atoms with Crippen LogP contribution in [-0.4, -0.2) is 28.3 Å². The summed E-state index contributed by atoms with van der Waals surface area (Å²) in [5.41, 5.74) is 1.59. The molecule has 6 nitrogen and oxygen atoms in total. The van der Waals surface area contributed by atoms with Crippen LogP contribution in [0.25, 0.3) is 0 Å². The van der Waals surface area contributed by atoms with Gasteiger partial charge < -0.3 is 10.1 Å². The first-order valence-electron chi connectivity index (χ1n) is 8.83. The van der Waals surface area contributed by atoms with Crippen LogP contribution in [0.3, 0.4) is 0 Å². The van der Waals surface area contributed by atoms with Gasteiger partial charge in [0.2, 0.25) is 5.91 Å². The molecule has 140 valence electrons. The fourth-order valence-corrected chi connectivity index (χ4v) is 4.58. The number of aromatic nitrogens is 2. The van der Waals surface area contributed by atoms with Crippen molar-refractivity contribution in [1.29, 1.82) is 0 Å². The fraction of sp³-hybridized carbons (Fsp3) is 0.500. The molecule has 1 atom stereocenters. The van der Waals surface area contributed by atoms with E-state index in [4.69, 9.17) is 4.74 Å². The van der Waals surface area contributed by atoms with Crippen LogP contribution in [0.4, 0.5) is 5.00 Å². The van der Waals surface area contributed by atoms with Crippen molar-refractivity contribution in [2.45, 2.75) is 52.0 Å². The fourth-order valence-electron chi connectivity index (χ4n) is 3.00. The third-order valence-corrected chi connectivity index (χ3v) is 6.01. The second-order valence-corrected chi connectivity index (χ2v) is 8.38. The smallest absolute Gasteiger partial charge is 0.341 e. The van der Waals surface area contributed by atoms with Crippen molar-refractivity contribution in [3.05, 3.63) is 32.9 Å². The third-order valence-electron chi connectivity index (χ3n) is 4.40. The molecule has 2 aromatic heterocycles. The number of nitrogens with one attached hydrogen (secondary N) is 1. The third kappa shape index (κ3) is 4.01. The number of ether oxygens (including phenoxy) is 1. The van der Waals surface area contributed by atoms with Gasteiger partial charge in [0, 0.05) is 11.1 Å². The normalized spacial score (nSPS) is 14.6. The lowest BCUT2D eigenvalue weighted by atomic mass is 9.95. The molecule has 0 saturated carbocycles. The molecule has 3 rings (SSSR count). The van der Waals surface area contributed by atoms with Crippen LogP contribution in [0.5, 0.6) is 0 Å². The molecule has 1 unspecified atom stereocenters. The van der Waals surface area contributed by atoms with Gasteiger partial charge in [-0.05, 0) is 60.5 Å². The number of thiophene rings is 1. The first-order chi connectivity index (χ1) is 12.5. The van der Waals surface area contributed by atoms with Gasteiger partial charge in [0.1, 0.15) is 11.0 Å².